The van der Waals surface area contributed by atoms with E-state index < -0.39 is 10.3 Å². The summed E-state index contributed by atoms with van der Waals surface area (Å²) in [7, 11) is -2.07. The smallest absolute Gasteiger partial charge is 0.229 e. The molecule has 0 spiro atoms. The van der Waals surface area contributed by atoms with Gasteiger partial charge in [0.1, 0.15) is 4.99 Å². The molecule has 0 saturated carbocycles. The summed E-state index contributed by atoms with van der Waals surface area (Å²) in [4.78, 5) is 0.359. The molecule has 0 aromatic heterocycles. The Labute approximate surface area is 61.2 Å². The lowest BCUT2D eigenvalue weighted by atomic mass is 10.3. The Morgan fingerprint density at radius 2 is 2.30 bits per heavy atom. The van der Waals surface area contributed by atoms with Gasteiger partial charge in [-0.3, -0.25) is 5.32 Å². The first kappa shape index (κ1) is 7.71. The molecule has 0 aromatic rings. The normalized spacial score (nSPS) is 26.5. The maximum atomic E-state index is 10.3. The van der Waals surface area contributed by atoms with Gasteiger partial charge in [-0.15, -0.1) is 0 Å². The molecule has 1 saturated heterocycles. The topological polar surface area (TPSA) is 58.2 Å². The van der Waals surface area contributed by atoms with Gasteiger partial charge >= 0.3 is 0 Å². The number of hydrogen-bond donors (Lipinski definition) is 2. The zero-order chi connectivity index (χ0) is 7.56. The zero-order valence-electron chi connectivity index (χ0n) is 5.72. The molecule has 10 heavy (non-hydrogen) atoms. The summed E-state index contributed by atoms with van der Waals surface area (Å²) in [6.45, 7) is 3.11. The van der Waals surface area contributed by atoms with Crippen molar-refractivity contribution in [3.8, 4) is 0 Å². The summed E-state index contributed by atoms with van der Waals surface area (Å²) in [5.41, 5.74) is 0. The number of piperazine rings is 1. The lowest BCUT2D eigenvalue weighted by molar-refractivity contribution is 0.542. The molecule has 0 bridgehead atoms. The van der Waals surface area contributed by atoms with E-state index in [4.69, 9.17) is 0 Å². The largest absolute Gasteiger partial charge is 0.307 e. The van der Waals surface area contributed by atoms with Crippen molar-refractivity contribution in [3.05, 3.63) is 0 Å². The standard InChI is InChI=1S/C5H10N2O2S/c1-4-2-7-5(3-6-4)10(8)9/h4,6-7H,2-3H2,1H3. The number of rotatable bonds is 0. The van der Waals surface area contributed by atoms with Crippen LogP contribution in [0.2, 0.25) is 0 Å². The lowest BCUT2D eigenvalue weighted by Crippen LogP contribution is -2.50. The Hall–Kier alpha value is -0.390. The summed E-state index contributed by atoms with van der Waals surface area (Å²) in [6.07, 6.45) is 0. The highest BCUT2D eigenvalue weighted by molar-refractivity contribution is 7.72. The molecule has 0 amide bonds. The fourth-order valence-electron chi connectivity index (χ4n) is 0.786. The molecule has 0 radical (unpaired) electrons. The Balaban J connectivity index is 2.65. The van der Waals surface area contributed by atoms with Crippen molar-refractivity contribution in [3.63, 3.8) is 0 Å². The predicted molar refractivity (Wildman–Crippen MR) is 39.4 cm³/mol. The predicted octanol–water partition coefficient (Wildman–Crippen LogP) is -1.42. The highest BCUT2D eigenvalue weighted by Gasteiger charge is 2.11. The van der Waals surface area contributed by atoms with E-state index >= 15 is 0 Å². The second kappa shape index (κ2) is 3.14. The molecule has 0 aliphatic carbocycles. The molecule has 1 fully saturated rings. The molecular weight excluding hydrogens is 152 g/mol. The molecule has 0 aromatic carbocycles. The van der Waals surface area contributed by atoms with Crippen molar-refractivity contribution >= 4 is 15.3 Å². The van der Waals surface area contributed by atoms with Gasteiger partial charge in [0.2, 0.25) is 10.3 Å². The molecule has 58 valence electrons. The molecule has 1 aliphatic heterocycles. The van der Waals surface area contributed by atoms with E-state index in [1.54, 1.807) is 0 Å². The van der Waals surface area contributed by atoms with E-state index in [2.05, 4.69) is 10.6 Å². The minimum atomic E-state index is -2.07. The fraction of sp³-hybridized carbons (Fsp3) is 0.800. The van der Waals surface area contributed by atoms with Crippen molar-refractivity contribution in [2.45, 2.75) is 13.0 Å². The van der Waals surface area contributed by atoms with Gasteiger partial charge in [-0.05, 0) is 6.92 Å². The van der Waals surface area contributed by atoms with Crippen LogP contribution < -0.4 is 10.6 Å². The van der Waals surface area contributed by atoms with Crippen LogP contribution in [0.15, 0.2) is 0 Å². The summed E-state index contributed by atoms with van der Waals surface area (Å²) < 4.78 is 20.6. The average molecular weight is 162 g/mol. The van der Waals surface area contributed by atoms with Crippen LogP contribution in [-0.4, -0.2) is 32.5 Å². The van der Waals surface area contributed by atoms with Crippen molar-refractivity contribution < 1.29 is 8.42 Å². The first-order valence-electron chi connectivity index (χ1n) is 3.12. The highest BCUT2D eigenvalue weighted by Crippen LogP contribution is 1.84. The Kier molecular flexibility index (Phi) is 2.42. The number of hydrogen-bond acceptors (Lipinski definition) is 3. The molecular formula is C5H10N2O2S. The molecule has 5 heteroatoms. The van der Waals surface area contributed by atoms with Crippen molar-refractivity contribution in [1.82, 2.24) is 10.6 Å². The first-order chi connectivity index (χ1) is 4.70. The maximum Gasteiger partial charge on any atom is 0.229 e. The molecule has 1 atom stereocenters. The van der Waals surface area contributed by atoms with Gasteiger partial charge in [-0.2, -0.15) is 8.42 Å². The number of nitrogens with one attached hydrogen (secondary N) is 2. The second-order valence-electron chi connectivity index (χ2n) is 2.32. The van der Waals surface area contributed by atoms with Gasteiger partial charge in [0.25, 0.3) is 0 Å². The summed E-state index contributed by atoms with van der Waals surface area (Å²) in [5, 5.41) is 5.83. The third-order valence-electron chi connectivity index (χ3n) is 1.42. The van der Waals surface area contributed by atoms with Gasteiger partial charge in [0.15, 0.2) is 0 Å². The second-order valence-corrected chi connectivity index (χ2v) is 3.28. The van der Waals surface area contributed by atoms with Crippen LogP contribution >= 0.6 is 0 Å². The van der Waals surface area contributed by atoms with E-state index in [9.17, 15) is 8.42 Å². The van der Waals surface area contributed by atoms with Crippen LogP contribution in [0.5, 0.6) is 0 Å². The van der Waals surface area contributed by atoms with E-state index in [1.165, 1.54) is 0 Å². The Bertz CT molecular complexity index is 226. The average Bonchev–Trinajstić information content (AvgIpc) is 1.88. The van der Waals surface area contributed by atoms with Gasteiger partial charge in [0, 0.05) is 19.1 Å². The fourth-order valence-corrected chi connectivity index (χ4v) is 1.19. The third-order valence-corrected chi connectivity index (χ3v) is 2.11. The van der Waals surface area contributed by atoms with Crippen LogP contribution in [0.25, 0.3) is 0 Å². The highest BCUT2D eigenvalue weighted by atomic mass is 32.2. The van der Waals surface area contributed by atoms with E-state index in [0.717, 1.165) is 0 Å². The van der Waals surface area contributed by atoms with Gasteiger partial charge < -0.3 is 5.32 Å². The maximum absolute atomic E-state index is 10.3. The molecule has 2 N–H and O–H groups in total. The van der Waals surface area contributed by atoms with Crippen LogP contribution in [0.3, 0.4) is 0 Å². The monoisotopic (exact) mass is 162 g/mol. The van der Waals surface area contributed by atoms with Gasteiger partial charge in [0.05, 0.1) is 0 Å². The minimum Gasteiger partial charge on any atom is -0.307 e. The van der Waals surface area contributed by atoms with Gasteiger partial charge in [-0.25, -0.2) is 0 Å². The molecule has 1 rings (SSSR count). The summed E-state index contributed by atoms with van der Waals surface area (Å²) in [6, 6.07) is 0.354. The van der Waals surface area contributed by atoms with Crippen LogP contribution in [-0.2, 0) is 10.3 Å². The quantitative estimate of drug-likeness (QED) is 0.429. The third kappa shape index (κ3) is 1.80. The Morgan fingerprint density at radius 1 is 1.60 bits per heavy atom. The van der Waals surface area contributed by atoms with Crippen LogP contribution in [0.1, 0.15) is 6.92 Å². The van der Waals surface area contributed by atoms with Crippen molar-refractivity contribution in [1.29, 1.82) is 0 Å². The van der Waals surface area contributed by atoms with E-state index in [1.807, 2.05) is 6.92 Å². The lowest BCUT2D eigenvalue weighted by Gasteiger charge is -2.20. The van der Waals surface area contributed by atoms with E-state index in [0.29, 0.717) is 24.1 Å². The Morgan fingerprint density at radius 3 is 2.70 bits per heavy atom. The minimum absolute atomic E-state index is 0.354. The molecule has 1 aliphatic rings. The van der Waals surface area contributed by atoms with Crippen LogP contribution in [0, 0.1) is 0 Å². The zero-order valence-corrected chi connectivity index (χ0v) is 6.53. The first-order valence-corrected chi connectivity index (χ1v) is 4.20. The molecule has 1 heterocycles. The van der Waals surface area contributed by atoms with Crippen molar-refractivity contribution in [2.24, 2.45) is 0 Å². The SMILES string of the molecule is CC1CNC(=S(=O)=O)CN1. The van der Waals surface area contributed by atoms with Crippen molar-refractivity contribution in [2.75, 3.05) is 13.1 Å². The molecule has 1 unspecified atom stereocenters. The van der Waals surface area contributed by atoms with Gasteiger partial charge in [-0.1, -0.05) is 0 Å². The summed E-state index contributed by atoms with van der Waals surface area (Å²) in [5.74, 6) is 0. The van der Waals surface area contributed by atoms with Crippen LogP contribution in [0.4, 0.5) is 0 Å². The van der Waals surface area contributed by atoms with E-state index in [-0.39, 0.29) is 0 Å². The summed E-state index contributed by atoms with van der Waals surface area (Å²) >= 11 is 0. The molecule has 4 nitrogen and oxygen atoms in total.